The molecule has 1 rings (SSSR count). The molecule has 15 heavy (non-hydrogen) atoms. The van der Waals surface area contributed by atoms with Crippen LogP contribution in [0.4, 0.5) is 0 Å². The molecule has 0 aromatic carbocycles. The molecule has 5 heteroatoms. The number of hydrogen-bond acceptors (Lipinski definition) is 3. The smallest absolute Gasteiger partial charge is 0.242 e. The van der Waals surface area contributed by atoms with Crippen LogP contribution >= 0.6 is 0 Å². The summed E-state index contributed by atoms with van der Waals surface area (Å²) in [6.45, 7) is 4.94. The first kappa shape index (κ1) is 12.0. The van der Waals surface area contributed by atoms with Crippen LogP contribution in [0.2, 0.25) is 0 Å². The van der Waals surface area contributed by atoms with E-state index in [4.69, 9.17) is 0 Å². The average molecular weight is 213 g/mol. The number of rotatable bonds is 3. The summed E-state index contributed by atoms with van der Waals surface area (Å²) in [5.74, 6) is -0.293. The van der Waals surface area contributed by atoms with E-state index in [1.807, 2.05) is 0 Å². The molecule has 1 saturated heterocycles. The van der Waals surface area contributed by atoms with E-state index >= 15 is 0 Å². The van der Waals surface area contributed by atoms with Gasteiger partial charge in [0.05, 0.1) is 0 Å². The van der Waals surface area contributed by atoms with Gasteiger partial charge in [0.2, 0.25) is 11.8 Å². The molecule has 0 saturated carbocycles. The van der Waals surface area contributed by atoms with Crippen LogP contribution in [0.5, 0.6) is 0 Å². The number of carbonyl (C=O) groups is 2. The van der Waals surface area contributed by atoms with Gasteiger partial charge in [-0.25, -0.2) is 0 Å². The van der Waals surface area contributed by atoms with E-state index in [0.29, 0.717) is 0 Å². The number of piperidine rings is 1. The second-order valence-electron chi connectivity index (χ2n) is 3.97. The van der Waals surface area contributed by atoms with E-state index in [9.17, 15) is 9.59 Å². The lowest BCUT2D eigenvalue weighted by Gasteiger charge is -2.25. The Kier molecular flexibility index (Phi) is 4.55. The molecule has 1 heterocycles. The topological polar surface area (TPSA) is 70.2 Å². The minimum Gasteiger partial charge on any atom is -0.350 e. The van der Waals surface area contributed by atoms with Crippen LogP contribution in [0.25, 0.3) is 0 Å². The fourth-order valence-electron chi connectivity index (χ4n) is 1.67. The lowest BCUT2D eigenvalue weighted by atomic mass is 10.1. The Morgan fingerprint density at radius 1 is 1.47 bits per heavy atom. The number of amides is 2. The molecule has 3 N–H and O–H groups in total. The Balaban J connectivity index is 2.30. The van der Waals surface area contributed by atoms with Crippen molar-refractivity contribution in [1.82, 2.24) is 16.0 Å². The molecule has 1 aliphatic rings. The third kappa shape index (κ3) is 4.29. The van der Waals surface area contributed by atoms with Crippen molar-refractivity contribution in [3.63, 3.8) is 0 Å². The predicted octanol–water partition coefficient (Wildman–Crippen LogP) is -0.621. The molecule has 5 nitrogen and oxygen atoms in total. The third-order valence-corrected chi connectivity index (χ3v) is 2.46. The Labute approximate surface area is 90.0 Å². The minimum atomic E-state index is -0.454. The van der Waals surface area contributed by atoms with E-state index in [2.05, 4.69) is 16.0 Å². The summed E-state index contributed by atoms with van der Waals surface area (Å²) in [5.41, 5.74) is 0. The van der Waals surface area contributed by atoms with Crippen molar-refractivity contribution >= 4 is 11.8 Å². The standard InChI is InChI=1S/C10H19N3O2/c1-7(12-8(2)14)10(15)13-9-4-3-5-11-6-9/h7,9,11H,3-6H2,1-2H3,(H,12,14)(H,13,15)/t7?,9-/m1/s1. The highest BCUT2D eigenvalue weighted by Gasteiger charge is 2.19. The molecule has 2 atom stereocenters. The van der Waals surface area contributed by atoms with Gasteiger partial charge >= 0.3 is 0 Å². The zero-order valence-corrected chi connectivity index (χ0v) is 9.30. The van der Waals surface area contributed by atoms with Crippen molar-refractivity contribution in [2.45, 2.75) is 38.8 Å². The highest BCUT2D eigenvalue weighted by molar-refractivity contribution is 5.86. The molecule has 1 unspecified atom stereocenters. The summed E-state index contributed by atoms with van der Waals surface area (Å²) in [7, 11) is 0. The molecule has 1 fully saturated rings. The van der Waals surface area contributed by atoms with E-state index in [1.54, 1.807) is 6.92 Å². The molecule has 2 amide bonds. The monoisotopic (exact) mass is 213 g/mol. The first-order valence-electron chi connectivity index (χ1n) is 5.38. The normalized spacial score (nSPS) is 22.9. The van der Waals surface area contributed by atoms with Gasteiger partial charge in [-0.2, -0.15) is 0 Å². The molecule has 0 aliphatic carbocycles. The van der Waals surface area contributed by atoms with Crippen LogP contribution < -0.4 is 16.0 Å². The van der Waals surface area contributed by atoms with Gasteiger partial charge in [0.1, 0.15) is 6.04 Å². The molecule has 0 aromatic rings. The maximum atomic E-state index is 11.6. The lowest BCUT2D eigenvalue weighted by Crippen LogP contribution is -2.51. The molecule has 0 spiro atoms. The number of hydrogen-bond donors (Lipinski definition) is 3. The zero-order valence-electron chi connectivity index (χ0n) is 9.30. The average Bonchev–Trinajstić information content (AvgIpc) is 2.18. The van der Waals surface area contributed by atoms with E-state index in [-0.39, 0.29) is 17.9 Å². The van der Waals surface area contributed by atoms with Crippen molar-refractivity contribution < 1.29 is 9.59 Å². The molecule has 0 radical (unpaired) electrons. The lowest BCUT2D eigenvalue weighted by molar-refractivity contribution is -0.128. The van der Waals surface area contributed by atoms with Gasteiger partial charge < -0.3 is 16.0 Å². The van der Waals surface area contributed by atoms with Crippen molar-refractivity contribution in [2.24, 2.45) is 0 Å². The fraction of sp³-hybridized carbons (Fsp3) is 0.800. The SMILES string of the molecule is CC(=O)NC(C)C(=O)N[C@@H]1CCCNC1. The highest BCUT2D eigenvalue weighted by Crippen LogP contribution is 2.01. The first-order valence-corrected chi connectivity index (χ1v) is 5.38. The first-order chi connectivity index (χ1) is 7.09. The summed E-state index contributed by atoms with van der Waals surface area (Å²) in [4.78, 5) is 22.3. The fourth-order valence-corrected chi connectivity index (χ4v) is 1.67. The molecular weight excluding hydrogens is 194 g/mol. The van der Waals surface area contributed by atoms with Crippen molar-refractivity contribution in [1.29, 1.82) is 0 Å². The quantitative estimate of drug-likeness (QED) is 0.585. The minimum absolute atomic E-state index is 0.112. The largest absolute Gasteiger partial charge is 0.350 e. The van der Waals surface area contributed by atoms with Crippen LogP contribution in [0.15, 0.2) is 0 Å². The number of nitrogens with one attached hydrogen (secondary N) is 3. The van der Waals surface area contributed by atoms with Crippen LogP contribution in [0.3, 0.4) is 0 Å². The molecule has 1 aliphatic heterocycles. The maximum absolute atomic E-state index is 11.6. The Morgan fingerprint density at radius 3 is 2.73 bits per heavy atom. The van der Waals surface area contributed by atoms with E-state index in [1.165, 1.54) is 6.92 Å². The van der Waals surface area contributed by atoms with E-state index < -0.39 is 6.04 Å². The Hall–Kier alpha value is -1.10. The summed E-state index contributed by atoms with van der Waals surface area (Å²) in [6, 6.07) is -0.258. The van der Waals surface area contributed by atoms with Gasteiger partial charge in [-0.15, -0.1) is 0 Å². The Bertz CT molecular complexity index is 237. The van der Waals surface area contributed by atoms with E-state index in [0.717, 1.165) is 25.9 Å². The molecule has 0 aromatic heterocycles. The van der Waals surface area contributed by atoms with Gasteiger partial charge in [-0.3, -0.25) is 9.59 Å². The third-order valence-electron chi connectivity index (χ3n) is 2.46. The zero-order chi connectivity index (χ0) is 11.3. The van der Waals surface area contributed by atoms with Crippen molar-refractivity contribution in [3.05, 3.63) is 0 Å². The summed E-state index contributed by atoms with van der Waals surface area (Å²) in [5, 5.41) is 8.69. The maximum Gasteiger partial charge on any atom is 0.242 e. The molecule has 0 bridgehead atoms. The van der Waals surface area contributed by atoms with Crippen LogP contribution in [0.1, 0.15) is 26.7 Å². The highest BCUT2D eigenvalue weighted by atomic mass is 16.2. The second kappa shape index (κ2) is 5.70. The van der Waals surface area contributed by atoms with Gasteiger partial charge in [-0.1, -0.05) is 0 Å². The summed E-state index contributed by atoms with van der Waals surface area (Å²) < 4.78 is 0. The predicted molar refractivity (Wildman–Crippen MR) is 57.3 cm³/mol. The molecule has 86 valence electrons. The van der Waals surface area contributed by atoms with Gasteiger partial charge in [0, 0.05) is 19.5 Å². The number of carbonyl (C=O) groups excluding carboxylic acids is 2. The Morgan fingerprint density at radius 2 is 2.20 bits per heavy atom. The van der Waals surface area contributed by atoms with Crippen LogP contribution in [-0.2, 0) is 9.59 Å². The summed E-state index contributed by atoms with van der Waals surface area (Å²) in [6.07, 6.45) is 2.09. The molecular formula is C10H19N3O2. The van der Waals surface area contributed by atoms with Crippen molar-refractivity contribution in [2.75, 3.05) is 13.1 Å². The van der Waals surface area contributed by atoms with Crippen LogP contribution in [-0.4, -0.2) is 37.0 Å². The van der Waals surface area contributed by atoms with Gasteiger partial charge in [-0.05, 0) is 26.3 Å². The van der Waals surface area contributed by atoms with Crippen LogP contribution in [0, 0.1) is 0 Å². The summed E-state index contributed by atoms with van der Waals surface area (Å²) >= 11 is 0. The second-order valence-corrected chi connectivity index (χ2v) is 3.97. The van der Waals surface area contributed by atoms with Gasteiger partial charge in [0.25, 0.3) is 0 Å². The van der Waals surface area contributed by atoms with Gasteiger partial charge in [0.15, 0.2) is 0 Å². The van der Waals surface area contributed by atoms with Crippen molar-refractivity contribution in [3.8, 4) is 0 Å².